The van der Waals surface area contributed by atoms with Crippen LogP contribution in [-0.2, 0) is 9.59 Å². The molecule has 1 amide bonds. The summed E-state index contributed by atoms with van der Waals surface area (Å²) >= 11 is 0. The lowest BCUT2D eigenvalue weighted by Crippen LogP contribution is -2.52. The second-order valence-corrected chi connectivity index (χ2v) is 6.94. The van der Waals surface area contributed by atoms with Crippen molar-refractivity contribution in [3.05, 3.63) is 58.6 Å². The van der Waals surface area contributed by atoms with E-state index in [1.807, 2.05) is 30.3 Å². The molecule has 0 radical (unpaired) electrons. The topological polar surface area (TPSA) is 96.2 Å². The van der Waals surface area contributed by atoms with E-state index in [1.54, 1.807) is 9.80 Å². The van der Waals surface area contributed by atoms with Gasteiger partial charge in [0.2, 0.25) is 5.91 Å². The summed E-state index contributed by atoms with van der Waals surface area (Å²) in [6.45, 7) is 2.62. The van der Waals surface area contributed by atoms with E-state index in [-0.39, 0.29) is 30.4 Å². The molecular formula is C20H20N4O5. The smallest absolute Gasteiger partial charge is 0.331 e. The van der Waals surface area contributed by atoms with E-state index in [4.69, 9.17) is 4.74 Å². The number of fused-ring (bicyclic) bond motifs is 1. The lowest BCUT2D eigenvalue weighted by Gasteiger charge is -2.37. The fraction of sp³-hybridized carbons (Fsp3) is 0.300. The highest BCUT2D eigenvalue weighted by Crippen LogP contribution is 2.35. The third kappa shape index (κ3) is 3.98. The number of non-ortho nitro benzene ring substituents is 1. The predicted octanol–water partition coefficient (Wildman–Crippen LogP) is 1.67. The number of piperazine rings is 1. The Morgan fingerprint density at radius 2 is 1.79 bits per heavy atom. The first kappa shape index (κ1) is 18.7. The first-order chi connectivity index (χ1) is 14.0. The van der Waals surface area contributed by atoms with Crippen molar-refractivity contribution in [1.29, 1.82) is 0 Å². The first-order valence-electron chi connectivity index (χ1n) is 9.33. The van der Waals surface area contributed by atoms with E-state index in [0.717, 1.165) is 18.8 Å². The van der Waals surface area contributed by atoms with E-state index in [9.17, 15) is 19.7 Å². The van der Waals surface area contributed by atoms with Crippen LogP contribution < -0.4 is 14.5 Å². The molecule has 2 heterocycles. The minimum atomic E-state index is -0.551. The van der Waals surface area contributed by atoms with Gasteiger partial charge in [0.1, 0.15) is 6.54 Å². The molecule has 0 aromatic heterocycles. The average molecular weight is 396 g/mol. The van der Waals surface area contributed by atoms with Crippen LogP contribution in [0.15, 0.2) is 48.5 Å². The maximum absolute atomic E-state index is 12.8. The highest BCUT2D eigenvalue weighted by molar-refractivity contribution is 5.89. The molecule has 0 saturated carbocycles. The van der Waals surface area contributed by atoms with Crippen molar-refractivity contribution in [3.8, 4) is 5.75 Å². The number of rotatable bonds is 4. The first-order valence-corrected chi connectivity index (χ1v) is 9.33. The number of ether oxygens (including phenoxy) is 1. The molecule has 0 N–H and O–H groups in total. The van der Waals surface area contributed by atoms with Crippen molar-refractivity contribution in [2.75, 3.05) is 49.1 Å². The Labute approximate surface area is 167 Å². The molecule has 4 rings (SSSR count). The largest absolute Gasteiger partial charge is 0.423 e. The van der Waals surface area contributed by atoms with Crippen molar-refractivity contribution in [1.82, 2.24) is 4.90 Å². The zero-order valence-electron chi connectivity index (χ0n) is 15.7. The molecule has 0 atom stereocenters. The van der Waals surface area contributed by atoms with Crippen molar-refractivity contribution in [2.45, 2.75) is 0 Å². The van der Waals surface area contributed by atoms with Crippen molar-refractivity contribution < 1.29 is 19.2 Å². The van der Waals surface area contributed by atoms with E-state index < -0.39 is 10.9 Å². The van der Waals surface area contributed by atoms with Crippen molar-refractivity contribution in [3.63, 3.8) is 0 Å². The summed E-state index contributed by atoms with van der Waals surface area (Å²) in [5.41, 5.74) is 1.47. The number of nitro benzene ring substituents is 1. The normalized spacial score (nSPS) is 16.3. The second kappa shape index (κ2) is 7.78. The fourth-order valence-corrected chi connectivity index (χ4v) is 3.61. The van der Waals surface area contributed by atoms with Crippen LogP contribution in [0, 0.1) is 10.1 Å². The van der Waals surface area contributed by atoms with Crippen LogP contribution in [0.25, 0.3) is 0 Å². The highest BCUT2D eigenvalue weighted by Gasteiger charge is 2.30. The third-order valence-corrected chi connectivity index (χ3v) is 5.12. The van der Waals surface area contributed by atoms with Crippen LogP contribution in [0.4, 0.5) is 17.1 Å². The minimum absolute atomic E-state index is 0.0191. The fourth-order valence-electron chi connectivity index (χ4n) is 3.61. The van der Waals surface area contributed by atoms with Gasteiger partial charge in [0, 0.05) is 37.9 Å². The Bertz CT molecular complexity index is 941. The molecule has 150 valence electrons. The molecule has 0 aliphatic carbocycles. The molecule has 2 aromatic rings. The Kier molecular flexibility index (Phi) is 5.03. The van der Waals surface area contributed by atoms with Crippen molar-refractivity contribution in [2.24, 2.45) is 0 Å². The van der Waals surface area contributed by atoms with Crippen LogP contribution in [0.1, 0.15) is 0 Å². The molecule has 2 aliphatic heterocycles. The van der Waals surface area contributed by atoms with Gasteiger partial charge in [-0.25, -0.2) is 4.79 Å². The number of hydrogen-bond acceptors (Lipinski definition) is 7. The standard InChI is InChI=1S/C20H20N4O5/c25-19(22-10-8-21(9-11-22)15-4-2-1-3-5-15)13-23-14-20(26)29-18-12-16(24(27)28)6-7-17(18)23/h1-7,12H,8-11,13-14H2. The van der Waals surface area contributed by atoms with Crippen molar-refractivity contribution >= 4 is 28.9 Å². The Morgan fingerprint density at radius 1 is 1.07 bits per heavy atom. The number of carbonyl (C=O) groups excluding carboxylic acids is 2. The minimum Gasteiger partial charge on any atom is -0.423 e. The van der Waals surface area contributed by atoms with Gasteiger partial charge in [-0.3, -0.25) is 14.9 Å². The molecule has 9 heteroatoms. The molecule has 0 spiro atoms. The molecule has 1 fully saturated rings. The van der Waals surface area contributed by atoms with Crippen LogP contribution in [0.3, 0.4) is 0 Å². The van der Waals surface area contributed by atoms with Gasteiger partial charge in [0.15, 0.2) is 5.75 Å². The number of nitro groups is 1. The lowest BCUT2D eigenvalue weighted by atomic mass is 10.2. The van der Waals surface area contributed by atoms with Gasteiger partial charge in [0.25, 0.3) is 5.69 Å². The van der Waals surface area contributed by atoms with Crippen LogP contribution in [-0.4, -0.2) is 61.0 Å². The Balaban J connectivity index is 1.42. The van der Waals surface area contributed by atoms with E-state index >= 15 is 0 Å². The quantitative estimate of drug-likeness (QED) is 0.336. The summed E-state index contributed by atoms with van der Waals surface area (Å²) in [5.74, 6) is -0.520. The van der Waals surface area contributed by atoms with Gasteiger partial charge in [0.05, 0.1) is 23.2 Å². The number of para-hydroxylation sites is 1. The molecule has 1 saturated heterocycles. The summed E-state index contributed by atoms with van der Waals surface area (Å²) in [6.07, 6.45) is 0. The van der Waals surface area contributed by atoms with Gasteiger partial charge in [-0.2, -0.15) is 0 Å². The lowest BCUT2D eigenvalue weighted by molar-refractivity contribution is -0.384. The monoisotopic (exact) mass is 396 g/mol. The summed E-state index contributed by atoms with van der Waals surface area (Å²) in [6, 6.07) is 14.1. The van der Waals surface area contributed by atoms with E-state index in [2.05, 4.69) is 4.90 Å². The average Bonchev–Trinajstić information content (AvgIpc) is 2.74. The Morgan fingerprint density at radius 3 is 2.48 bits per heavy atom. The number of benzene rings is 2. The van der Waals surface area contributed by atoms with Gasteiger partial charge < -0.3 is 19.4 Å². The summed E-state index contributed by atoms with van der Waals surface area (Å²) in [4.78, 5) is 40.7. The number of hydrogen-bond donors (Lipinski definition) is 0. The number of anilines is 2. The number of carbonyl (C=O) groups is 2. The molecular weight excluding hydrogens is 376 g/mol. The van der Waals surface area contributed by atoms with Crippen LogP contribution >= 0.6 is 0 Å². The van der Waals surface area contributed by atoms with Gasteiger partial charge in [-0.1, -0.05) is 18.2 Å². The third-order valence-electron chi connectivity index (χ3n) is 5.12. The zero-order chi connectivity index (χ0) is 20.4. The number of nitrogens with zero attached hydrogens (tertiary/aromatic N) is 4. The summed E-state index contributed by atoms with van der Waals surface area (Å²) < 4.78 is 5.13. The highest BCUT2D eigenvalue weighted by atomic mass is 16.6. The van der Waals surface area contributed by atoms with Gasteiger partial charge in [-0.15, -0.1) is 0 Å². The molecule has 0 bridgehead atoms. The molecule has 0 unspecified atom stereocenters. The molecule has 9 nitrogen and oxygen atoms in total. The maximum Gasteiger partial charge on any atom is 0.331 e. The second-order valence-electron chi connectivity index (χ2n) is 6.94. The predicted molar refractivity (Wildman–Crippen MR) is 106 cm³/mol. The molecule has 2 aromatic carbocycles. The number of esters is 1. The van der Waals surface area contributed by atoms with Gasteiger partial charge in [-0.05, 0) is 18.2 Å². The SMILES string of the molecule is O=C1CN(CC(=O)N2CCN(c3ccccc3)CC2)c2ccc([N+](=O)[O-])cc2O1. The number of amides is 1. The Hall–Kier alpha value is -3.62. The van der Waals surface area contributed by atoms with Crippen LogP contribution in [0.2, 0.25) is 0 Å². The van der Waals surface area contributed by atoms with Gasteiger partial charge >= 0.3 is 5.97 Å². The summed E-state index contributed by atoms with van der Waals surface area (Å²) in [5, 5.41) is 10.9. The van der Waals surface area contributed by atoms with Crippen LogP contribution in [0.5, 0.6) is 5.75 Å². The molecule has 29 heavy (non-hydrogen) atoms. The molecule has 2 aliphatic rings. The van der Waals surface area contributed by atoms with E-state index in [0.29, 0.717) is 18.8 Å². The maximum atomic E-state index is 12.8. The summed E-state index contributed by atoms with van der Waals surface area (Å²) in [7, 11) is 0. The van der Waals surface area contributed by atoms with E-state index in [1.165, 1.54) is 18.2 Å². The zero-order valence-corrected chi connectivity index (χ0v) is 15.7.